The lowest BCUT2D eigenvalue weighted by atomic mass is 10.1. The van der Waals surface area contributed by atoms with E-state index in [4.69, 9.17) is 26.4 Å². The summed E-state index contributed by atoms with van der Waals surface area (Å²) >= 11 is 9.04. The van der Waals surface area contributed by atoms with E-state index in [1.807, 2.05) is 0 Å². The molecule has 3 rings (SSSR count). The normalized spacial score (nSPS) is 13.9. The van der Waals surface area contributed by atoms with Crippen molar-refractivity contribution in [2.45, 2.75) is 6.42 Å². The van der Waals surface area contributed by atoms with E-state index in [0.29, 0.717) is 34.0 Å². The molecule has 0 atom stereocenters. The van der Waals surface area contributed by atoms with Crippen molar-refractivity contribution >= 4 is 39.1 Å². The second-order valence-electron chi connectivity index (χ2n) is 6.17. The SMILES string of the molecule is COc1cc(C(=S)N2CCOCC2)cc(Br)c1OC(=O)Cc1ccc(F)cc1. The number of nitrogens with zero attached hydrogens (tertiary/aromatic N) is 1. The summed E-state index contributed by atoms with van der Waals surface area (Å²) in [6.45, 7) is 2.73. The molecule has 0 aliphatic carbocycles. The third kappa shape index (κ3) is 5.06. The largest absolute Gasteiger partial charge is 0.493 e. The summed E-state index contributed by atoms with van der Waals surface area (Å²) in [7, 11) is 1.50. The van der Waals surface area contributed by atoms with E-state index in [9.17, 15) is 9.18 Å². The van der Waals surface area contributed by atoms with Crippen LogP contribution in [0.5, 0.6) is 11.5 Å². The highest BCUT2D eigenvalue weighted by atomic mass is 79.9. The zero-order valence-electron chi connectivity index (χ0n) is 15.2. The van der Waals surface area contributed by atoms with Crippen LogP contribution < -0.4 is 9.47 Å². The third-order valence-corrected chi connectivity index (χ3v) is 5.34. The van der Waals surface area contributed by atoms with E-state index in [1.54, 1.807) is 24.3 Å². The number of carbonyl (C=O) groups is 1. The van der Waals surface area contributed by atoms with Crippen LogP contribution >= 0.6 is 28.1 Å². The molecular weight excluding hydrogens is 449 g/mol. The van der Waals surface area contributed by atoms with Gasteiger partial charge in [0.1, 0.15) is 10.8 Å². The molecule has 5 nitrogen and oxygen atoms in total. The molecule has 1 aliphatic heterocycles. The number of hydrogen-bond donors (Lipinski definition) is 0. The Bertz CT molecular complexity index is 869. The van der Waals surface area contributed by atoms with Crippen LogP contribution in [0.1, 0.15) is 11.1 Å². The molecule has 0 aromatic heterocycles. The average molecular weight is 468 g/mol. The topological polar surface area (TPSA) is 48.0 Å². The van der Waals surface area contributed by atoms with Gasteiger partial charge in [0.05, 0.1) is 31.2 Å². The second kappa shape index (κ2) is 9.45. The summed E-state index contributed by atoms with van der Waals surface area (Å²) in [5.74, 6) is -0.155. The highest BCUT2D eigenvalue weighted by Gasteiger charge is 2.20. The van der Waals surface area contributed by atoms with Crippen LogP contribution in [-0.2, 0) is 16.0 Å². The number of benzene rings is 2. The summed E-state index contributed by atoms with van der Waals surface area (Å²) in [6.07, 6.45) is 0.0177. The number of rotatable bonds is 5. The molecule has 148 valence electrons. The summed E-state index contributed by atoms with van der Waals surface area (Å²) < 4.78 is 29.8. The lowest BCUT2D eigenvalue weighted by molar-refractivity contribution is -0.133. The first-order valence-electron chi connectivity index (χ1n) is 8.67. The summed E-state index contributed by atoms with van der Waals surface area (Å²) in [5.41, 5.74) is 1.45. The van der Waals surface area contributed by atoms with Crippen LogP contribution in [0.4, 0.5) is 4.39 Å². The maximum absolute atomic E-state index is 13.0. The molecule has 2 aromatic rings. The van der Waals surface area contributed by atoms with Gasteiger partial charge in [-0.05, 0) is 45.8 Å². The summed E-state index contributed by atoms with van der Waals surface area (Å²) in [5, 5.41) is 0. The Balaban J connectivity index is 1.76. The lowest BCUT2D eigenvalue weighted by Gasteiger charge is -2.29. The fourth-order valence-electron chi connectivity index (χ4n) is 2.81. The van der Waals surface area contributed by atoms with Crippen molar-refractivity contribution in [1.29, 1.82) is 0 Å². The Morgan fingerprint density at radius 2 is 1.93 bits per heavy atom. The minimum atomic E-state index is -0.478. The monoisotopic (exact) mass is 467 g/mol. The van der Waals surface area contributed by atoms with Gasteiger partial charge in [-0.3, -0.25) is 4.79 Å². The Morgan fingerprint density at radius 3 is 2.57 bits per heavy atom. The second-order valence-corrected chi connectivity index (χ2v) is 7.41. The zero-order valence-corrected chi connectivity index (χ0v) is 17.6. The zero-order chi connectivity index (χ0) is 20.1. The number of thiocarbonyl (C=S) groups is 1. The molecule has 0 spiro atoms. The predicted octanol–water partition coefficient (Wildman–Crippen LogP) is 3.75. The quantitative estimate of drug-likeness (QED) is 0.379. The number of ether oxygens (including phenoxy) is 3. The molecule has 0 unspecified atom stereocenters. The van der Waals surface area contributed by atoms with Gasteiger partial charge in [0.25, 0.3) is 0 Å². The fraction of sp³-hybridized carbons (Fsp3) is 0.300. The van der Waals surface area contributed by atoms with Crippen LogP contribution in [-0.4, -0.2) is 49.3 Å². The van der Waals surface area contributed by atoms with Crippen molar-refractivity contribution < 1.29 is 23.4 Å². The number of morpholine rings is 1. The molecule has 0 amide bonds. The molecule has 1 saturated heterocycles. The molecule has 1 fully saturated rings. The number of hydrogen-bond acceptors (Lipinski definition) is 5. The van der Waals surface area contributed by atoms with Gasteiger partial charge in [0.2, 0.25) is 0 Å². The molecular formula is C20H19BrFNO4S. The van der Waals surface area contributed by atoms with Crippen LogP contribution in [0.15, 0.2) is 40.9 Å². The highest BCUT2D eigenvalue weighted by molar-refractivity contribution is 9.10. The minimum absolute atomic E-state index is 0.0177. The van der Waals surface area contributed by atoms with Crippen molar-refractivity contribution in [2.75, 3.05) is 33.4 Å². The van der Waals surface area contributed by atoms with E-state index < -0.39 is 5.97 Å². The van der Waals surface area contributed by atoms with E-state index in [2.05, 4.69) is 20.8 Å². The number of esters is 1. The van der Waals surface area contributed by atoms with Gasteiger partial charge in [0, 0.05) is 18.7 Å². The molecule has 1 aliphatic rings. The van der Waals surface area contributed by atoms with Gasteiger partial charge >= 0.3 is 5.97 Å². The Labute approximate surface area is 176 Å². The molecule has 8 heteroatoms. The molecule has 28 heavy (non-hydrogen) atoms. The van der Waals surface area contributed by atoms with Crippen LogP contribution in [0.3, 0.4) is 0 Å². The first-order chi connectivity index (χ1) is 13.5. The van der Waals surface area contributed by atoms with Gasteiger partial charge in [0.15, 0.2) is 11.5 Å². The maximum atomic E-state index is 13.0. The average Bonchev–Trinajstić information content (AvgIpc) is 2.71. The van der Waals surface area contributed by atoms with Gasteiger partial charge in [-0.15, -0.1) is 0 Å². The Kier molecular flexibility index (Phi) is 6.98. The standard InChI is InChI=1S/C20H19BrFNO4S/c1-25-17-12-14(20(28)23-6-8-26-9-7-23)11-16(21)19(17)27-18(24)10-13-2-4-15(22)5-3-13/h2-5,11-12H,6-10H2,1H3. The number of carbonyl (C=O) groups excluding carboxylic acids is 1. The van der Waals surface area contributed by atoms with Gasteiger partial charge in [-0.2, -0.15) is 0 Å². The molecule has 0 radical (unpaired) electrons. The predicted molar refractivity (Wildman–Crippen MR) is 111 cm³/mol. The van der Waals surface area contributed by atoms with Crippen LogP contribution in [0.25, 0.3) is 0 Å². The summed E-state index contributed by atoms with van der Waals surface area (Å²) in [6, 6.07) is 9.27. The van der Waals surface area contributed by atoms with Gasteiger partial charge in [-0.1, -0.05) is 24.4 Å². The molecule has 0 saturated carbocycles. The maximum Gasteiger partial charge on any atom is 0.315 e. The Morgan fingerprint density at radius 1 is 1.25 bits per heavy atom. The van der Waals surface area contributed by atoms with Crippen molar-refractivity contribution in [2.24, 2.45) is 0 Å². The molecule has 2 aromatic carbocycles. The van der Waals surface area contributed by atoms with Gasteiger partial charge in [-0.25, -0.2) is 4.39 Å². The Hall–Kier alpha value is -2.03. The molecule has 1 heterocycles. The van der Waals surface area contributed by atoms with Crippen molar-refractivity contribution in [1.82, 2.24) is 4.90 Å². The van der Waals surface area contributed by atoms with E-state index in [-0.39, 0.29) is 18.0 Å². The highest BCUT2D eigenvalue weighted by Crippen LogP contribution is 2.37. The minimum Gasteiger partial charge on any atom is -0.493 e. The van der Waals surface area contributed by atoms with Crippen molar-refractivity contribution in [3.63, 3.8) is 0 Å². The van der Waals surface area contributed by atoms with Crippen molar-refractivity contribution in [3.8, 4) is 11.5 Å². The number of halogens is 2. The van der Waals surface area contributed by atoms with Gasteiger partial charge < -0.3 is 19.1 Å². The third-order valence-electron chi connectivity index (χ3n) is 4.25. The first kappa shape index (κ1) is 20.7. The first-order valence-corrected chi connectivity index (χ1v) is 9.87. The number of methoxy groups -OCH3 is 1. The van der Waals surface area contributed by atoms with E-state index >= 15 is 0 Å². The smallest absolute Gasteiger partial charge is 0.315 e. The summed E-state index contributed by atoms with van der Waals surface area (Å²) in [4.78, 5) is 15.1. The van der Waals surface area contributed by atoms with E-state index in [1.165, 1.54) is 19.2 Å². The lowest BCUT2D eigenvalue weighted by Crippen LogP contribution is -2.40. The molecule has 0 bridgehead atoms. The van der Waals surface area contributed by atoms with Crippen LogP contribution in [0.2, 0.25) is 0 Å². The van der Waals surface area contributed by atoms with Crippen molar-refractivity contribution in [3.05, 3.63) is 57.8 Å². The fourth-order valence-corrected chi connectivity index (χ4v) is 3.63. The molecule has 0 N–H and O–H groups in total. The van der Waals surface area contributed by atoms with Crippen LogP contribution in [0, 0.1) is 5.82 Å². The van der Waals surface area contributed by atoms with E-state index in [0.717, 1.165) is 18.7 Å².